The van der Waals surface area contributed by atoms with Crippen LogP contribution in [0.5, 0.6) is 0 Å². The summed E-state index contributed by atoms with van der Waals surface area (Å²) in [5.41, 5.74) is 0. The molecule has 1 fully saturated rings. The number of nitrogens with two attached hydrogens (primary N) is 1. The largest absolute Gasteiger partial charge is 0.340 e. The molecule has 1 rings (SSSR count). The smallest absolute Gasteiger partial charge is 0.253 e. The van der Waals surface area contributed by atoms with Crippen LogP contribution in [0.4, 0.5) is 0 Å². The summed E-state index contributed by atoms with van der Waals surface area (Å²) in [4.78, 5) is 9.17. The van der Waals surface area contributed by atoms with Crippen LogP contribution >= 0.6 is 7.37 Å². The fraction of sp³-hybridized carbons (Fsp3) is 1.00. The third kappa shape index (κ3) is 2.08. The fourth-order valence-corrected chi connectivity index (χ4v) is 2.56. The zero-order valence-corrected chi connectivity index (χ0v) is 7.18. The number of rotatable bonds is 1. The molecule has 3 N–H and O–H groups in total. The average Bonchev–Trinajstić information content (AvgIpc) is 1.88. The molecule has 2 atom stereocenters. The van der Waals surface area contributed by atoms with Crippen molar-refractivity contribution < 1.29 is 14.8 Å². The van der Waals surface area contributed by atoms with Crippen molar-refractivity contribution in [2.45, 2.75) is 25.0 Å². The highest BCUT2D eigenvalue weighted by Gasteiger charge is 2.30. The summed E-state index contributed by atoms with van der Waals surface area (Å²) in [6.07, 6.45) is 3.21. The summed E-state index contributed by atoms with van der Waals surface area (Å²) in [7, 11) is -2.80. The molecule has 0 spiro atoms. The first-order valence-electron chi connectivity index (χ1n) is 3.74. The van der Waals surface area contributed by atoms with Crippen LogP contribution in [-0.4, -0.2) is 23.9 Å². The number of piperidine rings is 1. The molecular weight excluding hydrogens is 149 g/mol. The van der Waals surface area contributed by atoms with Crippen LogP contribution in [0.2, 0.25) is 0 Å². The van der Waals surface area contributed by atoms with Gasteiger partial charge >= 0.3 is 0 Å². The third-order valence-corrected chi connectivity index (χ3v) is 3.71. The molecule has 60 valence electrons. The van der Waals surface area contributed by atoms with E-state index in [0.29, 0.717) is 0 Å². The SMILES string of the molecule is CP(=O)(O)[C@@H]1CCCC[NH2+]1. The van der Waals surface area contributed by atoms with Crippen LogP contribution in [0.25, 0.3) is 0 Å². The van der Waals surface area contributed by atoms with Crippen molar-refractivity contribution in [2.24, 2.45) is 0 Å². The molecule has 0 saturated carbocycles. The Kier molecular flexibility index (Phi) is 2.50. The summed E-state index contributed by atoms with van der Waals surface area (Å²) in [5.74, 6) is -0.0127. The first-order valence-corrected chi connectivity index (χ1v) is 5.91. The van der Waals surface area contributed by atoms with Gasteiger partial charge in [0.25, 0.3) is 7.37 Å². The molecule has 10 heavy (non-hydrogen) atoms. The highest BCUT2D eigenvalue weighted by atomic mass is 31.2. The van der Waals surface area contributed by atoms with Crippen LogP contribution < -0.4 is 5.32 Å². The first-order chi connectivity index (χ1) is 4.61. The van der Waals surface area contributed by atoms with Gasteiger partial charge in [-0.1, -0.05) is 0 Å². The number of quaternary nitrogens is 1. The van der Waals surface area contributed by atoms with Gasteiger partial charge in [0.1, 0.15) is 0 Å². The van der Waals surface area contributed by atoms with Gasteiger partial charge in [-0.3, -0.25) is 4.57 Å². The van der Waals surface area contributed by atoms with E-state index < -0.39 is 7.37 Å². The third-order valence-electron chi connectivity index (χ3n) is 2.01. The van der Waals surface area contributed by atoms with E-state index in [1.54, 1.807) is 0 Å². The topological polar surface area (TPSA) is 53.9 Å². The Labute approximate surface area is 61.3 Å². The molecule has 4 heteroatoms. The van der Waals surface area contributed by atoms with Crippen molar-refractivity contribution in [2.75, 3.05) is 13.2 Å². The monoisotopic (exact) mass is 164 g/mol. The second-order valence-electron chi connectivity index (χ2n) is 3.03. The maximum atomic E-state index is 11.1. The van der Waals surface area contributed by atoms with Crippen molar-refractivity contribution in [3.8, 4) is 0 Å². The lowest BCUT2D eigenvalue weighted by Gasteiger charge is -2.21. The van der Waals surface area contributed by atoms with Gasteiger partial charge in [0.15, 0.2) is 5.78 Å². The van der Waals surface area contributed by atoms with Crippen molar-refractivity contribution in [3.05, 3.63) is 0 Å². The minimum absolute atomic E-state index is 0.0127. The molecule has 1 heterocycles. The van der Waals surface area contributed by atoms with Crippen molar-refractivity contribution in [1.82, 2.24) is 0 Å². The quantitative estimate of drug-likeness (QED) is 0.534. The molecule has 1 aliphatic rings. The highest BCUT2D eigenvalue weighted by Crippen LogP contribution is 2.40. The lowest BCUT2D eigenvalue weighted by Crippen LogP contribution is -2.90. The summed E-state index contributed by atoms with van der Waals surface area (Å²) in [5, 5.41) is 2.00. The van der Waals surface area contributed by atoms with Gasteiger partial charge in [-0.05, 0) is 12.8 Å². The summed E-state index contributed by atoms with van der Waals surface area (Å²) >= 11 is 0. The maximum absolute atomic E-state index is 11.1. The van der Waals surface area contributed by atoms with Gasteiger partial charge in [0.05, 0.1) is 6.54 Å². The fourth-order valence-electron chi connectivity index (χ4n) is 1.36. The van der Waals surface area contributed by atoms with Gasteiger partial charge in [-0.2, -0.15) is 0 Å². The first kappa shape index (κ1) is 8.25. The average molecular weight is 164 g/mol. The Morgan fingerprint density at radius 2 is 2.30 bits per heavy atom. The second kappa shape index (κ2) is 3.04. The predicted octanol–water partition coefficient (Wildman–Crippen LogP) is -0.0400. The van der Waals surface area contributed by atoms with E-state index >= 15 is 0 Å². The lowest BCUT2D eigenvalue weighted by atomic mass is 10.2. The minimum atomic E-state index is -2.80. The Morgan fingerprint density at radius 1 is 1.60 bits per heavy atom. The second-order valence-corrected chi connectivity index (χ2v) is 5.58. The van der Waals surface area contributed by atoms with Crippen LogP contribution in [0.1, 0.15) is 19.3 Å². The molecule has 0 aromatic heterocycles. The molecule has 1 saturated heterocycles. The van der Waals surface area contributed by atoms with Crippen molar-refractivity contribution >= 4 is 7.37 Å². The molecule has 3 nitrogen and oxygen atoms in total. The Balaban J connectivity index is 2.47. The van der Waals surface area contributed by atoms with E-state index in [9.17, 15) is 4.57 Å². The summed E-state index contributed by atoms with van der Waals surface area (Å²) < 4.78 is 11.1. The van der Waals surface area contributed by atoms with E-state index in [0.717, 1.165) is 19.4 Å². The van der Waals surface area contributed by atoms with Gasteiger partial charge in [-0.15, -0.1) is 0 Å². The van der Waals surface area contributed by atoms with Gasteiger partial charge < -0.3 is 10.2 Å². The van der Waals surface area contributed by atoms with Crippen LogP contribution in [0.15, 0.2) is 0 Å². The molecule has 0 amide bonds. The van der Waals surface area contributed by atoms with Gasteiger partial charge in [0.2, 0.25) is 0 Å². The molecule has 1 aliphatic heterocycles. The Morgan fingerprint density at radius 3 is 2.60 bits per heavy atom. The molecule has 0 bridgehead atoms. The van der Waals surface area contributed by atoms with E-state index in [-0.39, 0.29) is 5.78 Å². The van der Waals surface area contributed by atoms with E-state index in [4.69, 9.17) is 4.89 Å². The predicted molar refractivity (Wildman–Crippen MR) is 40.2 cm³/mol. The molecular formula is C6H15NO2P+. The van der Waals surface area contributed by atoms with Crippen molar-refractivity contribution in [3.63, 3.8) is 0 Å². The molecule has 0 aliphatic carbocycles. The van der Waals surface area contributed by atoms with Crippen LogP contribution in [-0.2, 0) is 4.57 Å². The molecule has 0 aromatic rings. The van der Waals surface area contributed by atoms with E-state index in [2.05, 4.69) is 0 Å². The van der Waals surface area contributed by atoms with Crippen LogP contribution in [0, 0.1) is 0 Å². The zero-order chi connectivity index (χ0) is 7.61. The Hall–Kier alpha value is 0.150. The lowest BCUT2D eigenvalue weighted by molar-refractivity contribution is -0.678. The molecule has 0 radical (unpaired) electrons. The highest BCUT2D eigenvalue weighted by molar-refractivity contribution is 7.57. The van der Waals surface area contributed by atoms with Crippen molar-refractivity contribution in [1.29, 1.82) is 0 Å². The molecule has 1 unspecified atom stereocenters. The number of hydrogen-bond acceptors (Lipinski definition) is 1. The summed E-state index contributed by atoms with van der Waals surface area (Å²) in [6.45, 7) is 2.47. The standard InChI is InChI=1S/C6H14NO2P/c1-10(8,9)6-4-2-3-5-7-6/h6-7H,2-5H2,1H3,(H,8,9)/p+1/t6-/m1/s1. The van der Waals surface area contributed by atoms with Gasteiger partial charge in [0, 0.05) is 13.1 Å². The van der Waals surface area contributed by atoms with E-state index in [1.807, 2.05) is 5.32 Å². The van der Waals surface area contributed by atoms with Gasteiger partial charge in [-0.25, -0.2) is 0 Å². The Bertz CT molecular complexity index is 148. The molecule has 0 aromatic carbocycles. The zero-order valence-electron chi connectivity index (χ0n) is 6.29. The normalized spacial score (nSPS) is 33.2. The van der Waals surface area contributed by atoms with E-state index in [1.165, 1.54) is 13.1 Å². The summed E-state index contributed by atoms with van der Waals surface area (Å²) in [6, 6.07) is 0. The number of hydrogen-bond donors (Lipinski definition) is 2. The van der Waals surface area contributed by atoms with Crippen LogP contribution in [0.3, 0.4) is 0 Å². The minimum Gasteiger partial charge on any atom is -0.340 e. The maximum Gasteiger partial charge on any atom is 0.253 e.